The highest BCUT2D eigenvalue weighted by Crippen LogP contribution is 2.33. The van der Waals surface area contributed by atoms with Gasteiger partial charge in [-0.3, -0.25) is 4.79 Å². The van der Waals surface area contributed by atoms with Crippen molar-refractivity contribution in [2.24, 2.45) is 0 Å². The molecule has 3 rings (SSSR count). The van der Waals surface area contributed by atoms with Crippen molar-refractivity contribution in [1.82, 2.24) is 10.2 Å². The maximum atomic E-state index is 12.8. The van der Waals surface area contributed by atoms with Crippen LogP contribution in [0.1, 0.15) is 29.3 Å². The maximum absolute atomic E-state index is 12.8. The van der Waals surface area contributed by atoms with Crippen molar-refractivity contribution >= 4 is 16.7 Å². The van der Waals surface area contributed by atoms with E-state index in [1.165, 1.54) is 12.1 Å². The third-order valence-electron chi connectivity index (χ3n) is 5.05. The number of benzene rings is 3. The summed E-state index contributed by atoms with van der Waals surface area (Å²) < 4.78 is 38.5. The van der Waals surface area contributed by atoms with Gasteiger partial charge in [0.05, 0.1) is 5.56 Å². The van der Waals surface area contributed by atoms with E-state index in [4.69, 9.17) is 0 Å². The molecule has 3 aromatic rings. The number of rotatable bonds is 6. The second-order valence-corrected chi connectivity index (χ2v) is 7.78. The number of fused-ring (bicyclic) bond motifs is 1. The predicted molar refractivity (Wildman–Crippen MR) is 114 cm³/mol. The number of amides is 1. The van der Waals surface area contributed by atoms with Crippen LogP contribution in [0.5, 0.6) is 0 Å². The molecule has 6 heteroatoms. The molecule has 0 aromatic heterocycles. The van der Waals surface area contributed by atoms with Gasteiger partial charge in [0.1, 0.15) is 0 Å². The van der Waals surface area contributed by atoms with Gasteiger partial charge in [-0.1, -0.05) is 36.4 Å². The summed E-state index contributed by atoms with van der Waals surface area (Å²) in [4.78, 5) is 14.7. The Morgan fingerprint density at radius 3 is 2.37 bits per heavy atom. The van der Waals surface area contributed by atoms with Gasteiger partial charge in [-0.25, -0.2) is 0 Å². The van der Waals surface area contributed by atoms with Crippen LogP contribution in [0.25, 0.3) is 21.9 Å². The monoisotopic (exact) mass is 414 g/mol. The van der Waals surface area contributed by atoms with E-state index in [2.05, 4.69) is 10.2 Å². The van der Waals surface area contributed by atoms with Crippen molar-refractivity contribution < 1.29 is 18.0 Å². The summed E-state index contributed by atoms with van der Waals surface area (Å²) >= 11 is 0. The van der Waals surface area contributed by atoms with Crippen LogP contribution in [-0.2, 0) is 6.18 Å². The normalized spacial score (nSPS) is 12.9. The minimum Gasteiger partial charge on any atom is -0.350 e. The van der Waals surface area contributed by atoms with Crippen molar-refractivity contribution in [2.75, 3.05) is 20.6 Å². The van der Waals surface area contributed by atoms with Gasteiger partial charge < -0.3 is 10.2 Å². The molecule has 158 valence electrons. The van der Waals surface area contributed by atoms with Crippen LogP contribution in [0.2, 0.25) is 0 Å². The third kappa shape index (κ3) is 5.19. The fourth-order valence-corrected chi connectivity index (χ4v) is 3.35. The molecular weight excluding hydrogens is 389 g/mol. The molecule has 1 unspecified atom stereocenters. The first-order valence-electron chi connectivity index (χ1n) is 9.81. The second-order valence-electron chi connectivity index (χ2n) is 7.78. The molecule has 0 aliphatic heterocycles. The van der Waals surface area contributed by atoms with Crippen LogP contribution in [0.4, 0.5) is 13.2 Å². The number of hydrogen-bond donors (Lipinski definition) is 1. The van der Waals surface area contributed by atoms with E-state index in [-0.39, 0.29) is 11.9 Å². The topological polar surface area (TPSA) is 32.3 Å². The summed E-state index contributed by atoms with van der Waals surface area (Å²) in [6.45, 7) is 2.86. The molecular formula is C24H25F3N2O. The lowest BCUT2D eigenvalue weighted by Gasteiger charge is -2.17. The summed E-state index contributed by atoms with van der Waals surface area (Å²) in [5.74, 6) is -0.136. The molecule has 0 radical (unpaired) electrons. The molecule has 1 amide bonds. The Hall–Kier alpha value is -2.86. The molecule has 0 spiro atoms. The number of hydrogen-bond acceptors (Lipinski definition) is 2. The van der Waals surface area contributed by atoms with Crippen molar-refractivity contribution in [3.8, 4) is 11.1 Å². The zero-order valence-electron chi connectivity index (χ0n) is 17.3. The van der Waals surface area contributed by atoms with Crippen molar-refractivity contribution in [3.05, 3.63) is 71.8 Å². The van der Waals surface area contributed by atoms with E-state index < -0.39 is 11.7 Å². The molecule has 0 bridgehead atoms. The molecule has 0 saturated carbocycles. The number of halogens is 3. The summed E-state index contributed by atoms with van der Waals surface area (Å²) in [5, 5.41) is 4.76. The molecule has 0 fully saturated rings. The van der Waals surface area contributed by atoms with Gasteiger partial charge >= 0.3 is 6.18 Å². The van der Waals surface area contributed by atoms with Crippen LogP contribution in [0, 0.1) is 0 Å². The van der Waals surface area contributed by atoms with E-state index in [0.29, 0.717) is 11.1 Å². The Labute approximate surface area is 174 Å². The Bertz CT molecular complexity index is 1030. The molecule has 0 saturated heterocycles. The summed E-state index contributed by atoms with van der Waals surface area (Å²) in [6.07, 6.45) is -3.51. The lowest BCUT2D eigenvalue weighted by molar-refractivity contribution is -0.137. The molecule has 0 aliphatic carbocycles. The minimum absolute atomic E-state index is 0.0501. The fourth-order valence-electron chi connectivity index (χ4n) is 3.35. The zero-order chi connectivity index (χ0) is 21.9. The molecule has 0 aliphatic rings. The molecule has 1 atom stereocenters. The molecule has 30 heavy (non-hydrogen) atoms. The minimum atomic E-state index is -4.36. The van der Waals surface area contributed by atoms with Gasteiger partial charge in [0.15, 0.2) is 0 Å². The lowest BCUT2D eigenvalue weighted by Crippen LogP contribution is -2.34. The maximum Gasteiger partial charge on any atom is 0.416 e. The van der Waals surface area contributed by atoms with Crippen LogP contribution in [-0.4, -0.2) is 37.5 Å². The van der Waals surface area contributed by atoms with Crippen LogP contribution in [0.15, 0.2) is 60.7 Å². The largest absolute Gasteiger partial charge is 0.416 e. The Kier molecular flexibility index (Phi) is 6.46. The number of nitrogens with one attached hydrogen (secondary N) is 1. The van der Waals surface area contributed by atoms with Gasteiger partial charge in [-0.2, -0.15) is 13.2 Å². The van der Waals surface area contributed by atoms with Gasteiger partial charge in [0, 0.05) is 11.6 Å². The van der Waals surface area contributed by atoms with E-state index in [0.717, 1.165) is 41.4 Å². The second kappa shape index (κ2) is 8.88. The first-order valence-corrected chi connectivity index (χ1v) is 9.81. The predicted octanol–water partition coefficient (Wildman–Crippen LogP) is 5.60. The standard InChI is InChI=1S/C24H25F3N2O/c1-16(13-14-29(2)3)28-23(30)19-9-12-22-18(15-19)5-4-6-21(22)17-7-10-20(11-8-17)24(25,26)27/h4-12,15-16H,13-14H2,1-3H3,(H,28,30). The average molecular weight is 414 g/mol. The first kappa shape index (κ1) is 21.8. The van der Waals surface area contributed by atoms with E-state index >= 15 is 0 Å². The summed E-state index contributed by atoms with van der Waals surface area (Å²) in [7, 11) is 3.98. The van der Waals surface area contributed by atoms with Gasteiger partial charge in [0.2, 0.25) is 0 Å². The number of alkyl halides is 3. The SMILES string of the molecule is CC(CCN(C)C)NC(=O)c1ccc2c(-c3ccc(C(F)(F)F)cc3)cccc2c1. The Balaban J connectivity index is 1.84. The van der Waals surface area contributed by atoms with E-state index in [1.54, 1.807) is 6.07 Å². The lowest BCUT2D eigenvalue weighted by atomic mass is 9.96. The summed E-state index contributed by atoms with van der Waals surface area (Å²) in [6, 6.07) is 16.2. The van der Waals surface area contributed by atoms with E-state index in [9.17, 15) is 18.0 Å². The highest BCUT2D eigenvalue weighted by molar-refractivity contribution is 6.02. The Morgan fingerprint density at radius 1 is 1.03 bits per heavy atom. The number of nitrogens with zero attached hydrogens (tertiary/aromatic N) is 1. The Morgan fingerprint density at radius 2 is 1.73 bits per heavy atom. The third-order valence-corrected chi connectivity index (χ3v) is 5.05. The molecule has 0 heterocycles. The smallest absolute Gasteiger partial charge is 0.350 e. The number of carbonyl (C=O) groups excluding carboxylic acids is 1. The van der Waals surface area contributed by atoms with Crippen molar-refractivity contribution in [1.29, 1.82) is 0 Å². The van der Waals surface area contributed by atoms with Crippen LogP contribution >= 0.6 is 0 Å². The molecule has 3 nitrogen and oxygen atoms in total. The highest BCUT2D eigenvalue weighted by atomic mass is 19.4. The molecule has 3 aromatic carbocycles. The van der Waals surface area contributed by atoms with E-state index in [1.807, 2.05) is 51.4 Å². The fraction of sp³-hybridized carbons (Fsp3) is 0.292. The highest BCUT2D eigenvalue weighted by Gasteiger charge is 2.30. The molecule has 1 N–H and O–H groups in total. The van der Waals surface area contributed by atoms with Crippen LogP contribution < -0.4 is 5.32 Å². The summed E-state index contributed by atoms with van der Waals surface area (Å²) in [5.41, 5.74) is 1.41. The van der Waals surface area contributed by atoms with Crippen LogP contribution in [0.3, 0.4) is 0 Å². The van der Waals surface area contributed by atoms with Crippen molar-refractivity contribution in [2.45, 2.75) is 25.6 Å². The van der Waals surface area contributed by atoms with Gasteiger partial charge in [0.25, 0.3) is 5.91 Å². The first-order chi connectivity index (χ1) is 14.1. The average Bonchev–Trinajstić information content (AvgIpc) is 2.70. The van der Waals surface area contributed by atoms with Crippen molar-refractivity contribution in [3.63, 3.8) is 0 Å². The van der Waals surface area contributed by atoms with Gasteiger partial charge in [-0.05, 0) is 80.1 Å². The quantitative estimate of drug-likeness (QED) is 0.570. The number of carbonyl (C=O) groups is 1. The zero-order valence-corrected chi connectivity index (χ0v) is 17.3. The van der Waals surface area contributed by atoms with Gasteiger partial charge in [-0.15, -0.1) is 0 Å².